The first-order chi connectivity index (χ1) is 10.8. The fourth-order valence-electron chi connectivity index (χ4n) is 2.19. The molecule has 0 atom stereocenters. The average molecular weight is 319 g/mol. The lowest BCUT2D eigenvalue weighted by molar-refractivity contribution is -0.167. The minimum atomic E-state index is -4.93. The number of amides is 1. The highest BCUT2D eigenvalue weighted by atomic mass is 19.4. The van der Waals surface area contributed by atoms with Crippen LogP contribution in [-0.4, -0.2) is 22.1 Å². The van der Waals surface area contributed by atoms with Crippen LogP contribution in [0.5, 0.6) is 0 Å². The number of hydrogen-bond donors (Lipinski definition) is 2. The number of halogens is 3. The smallest absolute Gasteiger partial charge is 0.338 e. The summed E-state index contributed by atoms with van der Waals surface area (Å²) in [5.74, 6) is -1.48. The third kappa shape index (κ3) is 3.03. The first-order valence-corrected chi connectivity index (χ1v) is 6.78. The van der Waals surface area contributed by atoms with Crippen molar-refractivity contribution >= 4 is 22.6 Å². The highest BCUT2D eigenvalue weighted by Crippen LogP contribution is 2.27. The molecule has 1 heterocycles. The lowest BCUT2D eigenvalue weighted by Gasteiger charge is -2.11. The maximum Gasteiger partial charge on any atom is 0.471 e. The van der Waals surface area contributed by atoms with Crippen molar-refractivity contribution in [2.75, 3.05) is 5.32 Å². The van der Waals surface area contributed by atoms with E-state index in [0.717, 1.165) is 11.0 Å². The molecule has 0 unspecified atom stereocenters. The van der Waals surface area contributed by atoms with Crippen molar-refractivity contribution in [3.05, 3.63) is 48.0 Å². The molecule has 0 aliphatic heterocycles. The lowest BCUT2D eigenvalue weighted by atomic mass is 10.1. The van der Waals surface area contributed by atoms with E-state index in [-0.39, 0.29) is 5.69 Å². The first-order valence-electron chi connectivity index (χ1n) is 6.78. The number of carbonyl (C=O) groups excluding carboxylic acids is 1. The molecule has 0 aliphatic carbocycles. The molecule has 23 heavy (non-hydrogen) atoms. The molecule has 4 nitrogen and oxygen atoms in total. The summed E-state index contributed by atoms with van der Waals surface area (Å²) in [5.41, 5.74) is 2.80. The summed E-state index contributed by atoms with van der Waals surface area (Å²) in [5, 5.41) is 1.89. The Morgan fingerprint density at radius 2 is 1.91 bits per heavy atom. The Morgan fingerprint density at radius 1 is 1.17 bits per heavy atom. The van der Waals surface area contributed by atoms with Crippen molar-refractivity contribution in [1.29, 1.82) is 0 Å². The Morgan fingerprint density at radius 3 is 2.61 bits per heavy atom. The number of para-hydroxylation sites is 2. The molecule has 3 rings (SSSR count). The number of hydrogen-bond acceptors (Lipinski definition) is 2. The van der Waals surface area contributed by atoms with E-state index in [1.165, 1.54) is 6.07 Å². The van der Waals surface area contributed by atoms with Gasteiger partial charge in [-0.25, -0.2) is 4.98 Å². The number of fused-ring (bicyclic) bond motifs is 1. The number of nitrogens with one attached hydrogen (secondary N) is 2. The van der Waals surface area contributed by atoms with Crippen LogP contribution in [0.4, 0.5) is 18.9 Å². The summed E-state index contributed by atoms with van der Waals surface area (Å²) in [7, 11) is 0. The van der Waals surface area contributed by atoms with Crippen LogP contribution in [0.2, 0.25) is 0 Å². The molecule has 118 valence electrons. The molecule has 7 heteroatoms. The number of aryl methyl sites for hydroxylation is 1. The van der Waals surface area contributed by atoms with Gasteiger partial charge in [0.15, 0.2) is 0 Å². The molecule has 0 saturated carbocycles. The van der Waals surface area contributed by atoms with E-state index in [4.69, 9.17) is 0 Å². The molecule has 2 N–H and O–H groups in total. The molecule has 3 aromatic rings. The second-order valence-corrected chi connectivity index (χ2v) is 5.08. The number of carbonyl (C=O) groups is 1. The Bertz CT molecular complexity index is 851. The van der Waals surface area contributed by atoms with E-state index >= 15 is 0 Å². The Kier molecular flexibility index (Phi) is 3.55. The second kappa shape index (κ2) is 5.42. The van der Waals surface area contributed by atoms with E-state index in [2.05, 4.69) is 9.97 Å². The highest BCUT2D eigenvalue weighted by Gasteiger charge is 2.38. The number of alkyl halides is 3. The van der Waals surface area contributed by atoms with Crippen molar-refractivity contribution in [3.63, 3.8) is 0 Å². The Hall–Kier alpha value is -2.83. The van der Waals surface area contributed by atoms with Gasteiger partial charge in [-0.1, -0.05) is 24.3 Å². The molecule has 2 aromatic carbocycles. The zero-order valence-corrected chi connectivity index (χ0v) is 12.0. The molecule has 0 spiro atoms. The first kappa shape index (κ1) is 15.1. The average Bonchev–Trinajstić information content (AvgIpc) is 2.92. The third-order valence-electron chi connectivity index (χ3n) is 3.41. The zero-order valence-electron chi connectivity index (χ0n) is 12.0. The molecular weight excluding hydrogens is 307 g/mol. The van der Waals surface area contributed by atoms with Crippen molar-refractivity contribution in [3.8, 4) is 11.4 Å². The molecule has 0 aliphatic rings. The molecule has 0 radical (unpaired) electrons. The van der Waals surface area contributed by atoms with Gasteiger partial charge in [-0.15, -0.1) is 0 Å². The normalized spacial score (nSPS) is 11.7. The van der Waals surface area contributed by atoms with Crippen molar-refractivity contribution in [1.82, 2.24) is 9.97 Å². The summed E-state index contributed by atoms with van der Waals surface area (Å²) < 4.78 is 37.2. The van der Waals surface area contributed by atoms with E-state index in [1.807, 2.05) is 29.6 Å². The van der Waals surface area contributed by atoms with Crippen LogP contribution in [0.1, 0.15) is 5.56 Å². The van der Waals surface area contributed by atoms with Crippen LogP contribution in [0.15, 0.2) is 42.5 Å². The van der Waals surface area contributed by atoms with Gasteiger partial charge in [-0.3, -0.25) is 4.79 Å². The van der Waals surface area contributed by atoms with E-state index in [1.54, 1.807) is 19.1 Å². The molecule has 0 saturated heterocycles. The maximum absolute atomic E-state index is 12.4. The topological polar surface area (TPSA) is 57.8 Å². The number of H-pyrrole nitrogens is 1. The highest BCUT2D eigenvalue weighted by molar-refractivity contribution is 5.96. The predicted molar refractivity (Wildman–Crippen MR) is 81.0 cm³/mol. The monoisotopic (exact) mass is 319 g/mol. The number of imidazole rings is 1. The zero-order chi connectivity index (χ0) is 16.6. The number of aromatic amines is 1. The Labute approximate surface area is 129 Å². The number of benzene rings is 2. The van der Waals surface area contributed by atoms with Gasteiger partial charge in [0.1, 0.15) is 5.82 Å². The standard InChI is InChI=1S/C16H12F3N3O/c1-9-6-7-10(8-13(9)22-15(23)16(17,18)19)14-20-11-4-2-3-5-12(11)21-14/h2-8H,1H3,(H,20,21)(H,22,23). The fraction of sp³-hybridized carbons (Fsp3) is 0.125. The van der Waals surface area contributed by atoms with Gasteiger partial charge < -0.3 is 10.3 Å². The summed E-state index contributed by atoms with van der Waals surface area (Å²) in [6.07, 6.45) is -4.93. The quantitative estimate of drug-likeness (QED) is 0.749. The largest absolute Gasteiger partial charge is 0.471 e. The molecule has 1 aromatic heterocycles. The van der Waals surface area contributed by atoms with Gasteiger partial charge in [-0.05, 0) is 30.7 Å². The van der Waals surface area contributed by atoms with E-state index < -0.39 is 12.1 Å². The summed E-state index contributed by atoms with van der Waals surface area (Å²) >= 11 is 0. The second-order valence-electron chi connectivity index (χ2n) is 5.08. The number of nitrogens with zero attached hydrogens (tertiary/aromatic N) is 1. The third-order valence-corrected chi connectivity index (χ3v) is 3.41. The molecule has 1 amide bonds. The minimum Gasteiger partial charge on any atom is -0.338 e. The van der Waals surface area contributed by atoms with Crippen LogP contribution in [0.3, 0.4) is 0 Å². The Balaban J connectivity index is 1.98. The number of aromatic nitrogens is 2. The number of anilines is 1. The van der Waals surface area contributed by atoms with Crippen LogP contribution >= 0.6 is 0 Å². The van der Waals surface area contributed by atoms with Crippen molar-refractivity contribution in [2.24, 2.45) is 0 Å². The van der Waals surface area contributed by atoms with Gasteiger partial charge in [0.2, 0.25) is 0 Å². The van der Waals surface area contributed by atoms with Crippen molar-refractivity contribution in [2.45, 2.75) is 13.1 Å². The van der Waals surface area contributed by atoms with E-state index in [0.29, 0.717) is 17.0 Å². The molecular formula is C16H12F3N3O. The van der Waals surface area contributed by atoms with E-state index in [9.17, 15) is 18.0 Å². The van der Waals surface area contributed by atoms with Gasteiger partial charge in [0.05, 0.1) is 11.0 Å². The van der Waals surface area contributed by atoms with Gasteiger partial charge in [0.25, 0.3) is 0 Å². The maximum atomic E-state index is 12.4. The predicted octanol–water partition coefficient (Wildman–Crippen LogP) is 4.04. The van der Waals surface area contributed by atoms with Crippen LogP contribution in [0, 0.1) is 6.92 Å². The summed E-state index contributed by atoms with van der Waals surface area (Å²) in [6.45, 7) is 1.62. The summed E-state index contributed by atoms with van der Waals surface area (Å²) in [4.78, 5) is 18.6. The molecule has 0 fully saturated rings. The van der Waals surface area contributed by atoms with Crippen molar-refractivity contribution < 1.29 is 18.0 Å². The summed E-state index contributed by atoms with van der Waals surface area (Å²) in [6, 6.07) is 12.2. The number of rotatable bonds is 2. The fourth-order valence-corrected chi connectivity index (χ4v) is 2.19. The van der Waals surface area contributed by atoms with Crippen LogP contribution in [0.25, 0.3) is 22.4 Å². The van der Waals surface area contributed by atoms with Crippen LogP contribution in [-0.2, 0) is 4.79 Å². The lowest BCUT2D eigenvalue weighted by Crippen LogP contribution is -2.30. The SMILES string of the molecule is Cc1ccc(-c2nc3ccccc3[nH]2)cc1NC(=O)C(F)(F)F. The minimum absolute atomic E-state index is 0.102. The van der Waals surface area contributed by atoms with Crippen LogP contribution < -0.4 is 5.32 Å². The molecule has 0 bridgehead atoms. The van der Waals surface area contributed by atoms with Gasteiger partial charge in [0, 0.05) is 11.3 Å². The van der Waals surface area contributed by atoms with Gasteiger partial charge >= 0.3 is 12.1 Å². The van der Waals surface area contributed by atoms with Gasteiger partial charge in [-0.2, -0.15) is 13.2 Å².